The lowest BCUT2D eigenvalue weighted by molar-refractivity contribution is 0.0955. The van der Waals surface area contributed by atoms with Crippen LogP contribution >= 0.6 is 11.6 Å². The molecule has 6 heteroatoms. The summed E-state index contributed by atoms with van der Waals surface area (Å²) in [5, 5.41) is 4.66. The van der Waals surface area contributed by atoms with Gasteiger partial charge in [-0.2, -0.15) is 5.10 Å². The van der Waals surface area contributed by atoms with Crippen LogP contribution in [-0.4, -0.2) is 19.2 Å². The van der Waals surface area contributed by atoms with E-state index in [-0.39, 0.29) is 5.91 Å². The van der Waals surface area contributed by atoms with Gasteiger partial charge in [-0.25, -0.2) is 5.43 Å². The van der Waals surface area contributed by atoms with Gasteiger partial charge < -0.3 is 9.47 Å². The van der Waals surface area contributed by atoms with E-state index in [0.29, 0.717) is 22.9 Å². The molecule has 28 heavy (non-hydrogen) atoms. The van der Waals surface area contributed by atoms with E-state index in [1.54, 1.807) is 37.6 Å². The number of rotatable bonds is 7. The molecule has 0 aliphatic rings. The van der Waals surface area contributed by atoms with Gasteiger partial charge in [-0.3, -0.25) is 4.79 Å². The highest BCUT2D eigenvalue weighted by molar-refractivity contribution is 6.30. The monoisotopic (exact) mass is 394 g/mol. The van der Waals surface area contributed by atoms with Crippen LogP contribution in [0.1, 0.15) is 21.5 Å². The minimum atomic E-state index is -0.297. The molecule has 0 radical (unpaired) electrons. The van der Waals surface area contributed by atoms with Crippen LogP contribution in [0.3, 0.4) is 0 Å². The molecule has 0 fully saturated rings. The van der Waals surface area contributed by atoms with Gasteiger partial charge in [0.2, 0.25) is 0 Å². The van der Waals surface area contributed by atoms with Crippen molar-refractivity contribution in [2.24, 2.45) is 5.10 Å². The summed E-state index contributed by atoms with van der Waals surface area (Å²) in [7, 11) is 1.61. The number of carbonyl (C=O) groups is 1. The minimum Gasteiger partial charge on any atom is -0.497 e. The van der Waals surface area contributed by atoms with Crippen molar-refractivity contribution in [2.45, 2.75) is 6.61 Å². The van der Waals surface area contributed by atoms with Crippen LogP contribution in [0.4, 0.5) is 0 Å². The molecule has 0 saturated heterocycles. The number of hydrogen-bond acceptors (Lipinski definition) is 4. The van der Waals surface area contributed by atoms with Gasteiger partial charge in [-0.1, -0.05) is 23.7 Å². The van der Waals surface area contributed by atoms with Crippen LogP contribution in [0.15, 0.2) is 77.9 Å². The number of hydrogen-bond donors (Lipinski definition) is 1. The Morgan fingerprint density at radius 1 is 0.964 bits per heavy atom. The van der Waals surface area contributed by atoms with E-state index < -0.39 is 0 Å². The summed E-state index contributed by atoms with van der Waals surface area (Å²) in [6.07, 6.45) is 1.57. The number of methoxy groups -OCH3 is 1. The first-order valence-electron chi connectivity index (χ1n) is 8.59. The van der Waals surface area contributed by atoms with Crippen molar-refractivity contribution in [3.05, 3.63) is 94.5 Å². The third-order valence-electron chi connectivity index (χ3n) is 3.93. The molecular formula is C22H19ClN2O3. The third-order valence-corrected chi connectivity index (χ3v) is 4.18. The topological polar surface area (TPSA) is 59.9 Å². The van der Waals surface area contributed by atoms with E-state index in [1.807, 2.05) is 48.5 Å². The highest BCUT2D eigenvalue weighted by Gasteiger charge is 2.04. The fourth-order valence-electron chi connectivity index (χ4n) is 2.37. The summed E-state index contributed by atoms with van der Waals surface area (Å²) in [4.78, 5) is 12.2. The Hall–Kier alpha value is -3.31. The molecule has 3 rings (SSSR count). The first-order valence-corrected chi connectivity index (χ1v) is 8.96. The van der Waals surface area contributed by atoms with Crippen LogP contribution in [-0.2, 0) is 6.61 Å². The number of nitrogens with one attached hydrogen (secondary N) is 1. The molecule has 1 N–H and O–H groups in total. The maximum Gasteiger partial charge on any atom is 0.271 e. The SMILES string of the molecule is COc1ccc(C=NNC(=O)c2ccc(OCc3ccc(Cl)cc3)cc2)cc1. The lowest BCUT2D eigenvalue weighted by atomic mass is 10.2. The van der Waals surface area contributed by atoms with E-state index in [1.165, 1.54) is 0 Å². The Morgan fingerprint density at radius 3 is 2.25 bits per heavy atom. The summed E-state index contributed by atoms with van der Waals surface area (Å²) >= 11 is 5.87. The Balaban J connectivity index is 1.51. The van der Waals surface area contributed by atoms with Crippen LogP contribution in [0, 0.1) is 0 Å². The van der Waals surface area contributed by atoms with Crippen molar-refractivity contribution in [2.75, 3.05) is 7.11 Å². The fourth-order valence-corrected chi connectivity index (χ4v) is 2.50. The molecule has 0 heterocycles. The van der Waals surface area contributed by atoms with Crippen molar-refractivity contribution in [3.8, 4) is 11.5 Å². The number of hydrazone groups is 1. The van der Waals surface area contributed by atoms with Crippen molar-refractivity contribution in [1.29, 1.82) is 0 Å². The predicted octanol–water partition coefficient (Wildman–Crippen LogP) is 4.69. The predicted molar refractivity (Wildman–Crippen MR) is 110 cm³/mol. The Bertz CT molecular complexity index is 937. The van der Waals surface area contributed by atoms with Gasteiger partial charge >= 0.3 is 0 Å². The number of halogens is 1. The first-order chi connectivity index (χ1) is 13.6. The average Bonchev–Trinajstić information content (AvgIpc) is 2.74. The molecule has 5 nitrogen and oxygen atoms in total. The molecule has 0 bridgehead atoms. The van der Waals surface area contributed by atoms with Gasteiger partial charge in [0.15, 0.2) is 0 Å². The Kier molecular flexibility index (Phi) is 6.65. The molecule has 3 aromatic rings. The Morgan fingerprint density at radius 2 is 1.61 bits per heavy atom. The van der Waals surface area contributed by atoms with E-state index in [4.69, 9.17) is 21.1 Å². The molecule has 0 spiro atoms. The number of nitrogens with zero attached hydrogens (tertiary/aromatic N) is 1. The van der Waals surface area contributed by atoms with Crippen molar-refractivity contribution < 1.29 is 14.3 Å². The fraction of sp³-hybridized carbons (Fsp3) is 0.0909. The largest absolute Gasteiger partial charge is 0.497 e. The molecule has 0 aromatic heterocycles. The van der Waals surface area contributed by atoms with E-state index in [2.05, 4.69) is 10.5 Å². The lowest BCUT2D eigenvalue weighted by Gasteiger charge is -2.07. The average molecular weight is 395 g/mol. The molecule has 0 unspecified atom stereocenters. The van der Waals surface area contributed by atoms with Gasteiger partial charge in [0.05, 0.1) is 13.3 Å². The normalized spacial score (nSPS) is 10.6. The molecule has 0 aliphatic heterocycles. The van der Waals surface area contributed by atoms with Crippen LogP contribution in [0.2, 0.25) is 5.02 Å². The smallest absolute Gasteiger partial charge is 0.271 e. The number of amides is 1. The van der Waals surface area contributed by atoms with E-state index in [9.17, 15) is 4.79 Å². The van der Waals surface area contributed by atoms with E-state index in [0.717, 1.165) is 16.9 Å². The maximum atomic E-state index is 12.2. The van der Waals surface area contributed by atoms with Crippen molar-refractivity contribution in [3.63, 3.8) is 0 Å². The standard InChI is InChI=1S/C22H19ClN2O3/c1-27-20-10-4-16(5-11-20)14-24-25-22(26)18-6-12-21(13-7-18)28-15-17-2-8-19(23)9-3-17/h2-14H,15H2,1H3,(H,25,26). The zero-order chi connectivity index (χ0) is 19.8. The van der Waals surface area contributed by atoms with Gasteiger partial charge in [0.1, 0.15) is 18.1 Å². The number of carbonyl (C=O) groups excluding carboxylic acids is 1. The van der Waals surface area contributed by atoms with E-state index >= 15 is 0 Å². The van der Waals surface area contributed by atoms with Gasteiger partial charge in [0, 0.05) is 10.6 Å². The summed E-state index contributed by atoms with van der Waals surface area (Å²) in [5.41, 5.74) is 4.86. The zero-order valence-corrected chi connectivity index (χ0v) is 16.0. The number of ether oxygens (including phenoxy) is 2. The minimum absolute atomic E-state index is 0.297. The molecule has 142 valence electrons. The van der Waals surface area contributed by atoms with Crippen LogP contribution < -0.4 is 14.9 Å². The summed E-state index contributed by atoms with van der Waals surface area (Å²) in [6, 6.07) is 21.7. The summed E-state index contributed by atoms with van der Waals surface area (Å²) < 4.78 is 10.8. The molecule has 1 amide bonds. The second kappa shape index (κ2) is 9.58. The highest BCUT2D eigenvalue weighted by Crippen LogP contribution is 2.16. The van der Waals surface area contributed by atoms with Crippen LogP contribution in [0.25, 0.3) is 0 Å². The second-order valence-electron chi connectivity index (χ2n) is 5.91. The molecule has 0 atom stereocenters. The first kappa shape index (κ1) is 19.5. The zero-order valence-electron chi connectivity index (χ0n) is 15.3. The van der Waals surface area contributed by atoms with Gasteiger partial charge in [0.25, 0.3) is 5.91 Å². The molecule has 0 saturated carbocycles. The van der Waals surface area contributed by atoms with Crippen LogP contribution in [0.5, 0.6) is 11.5 Å². The molecule has 3 aromatic carbocycles. The van der Waals surface area contributed by atoms with Crippen molar-refractivity contribution in [1.82, 2.24) is 5.43 Å². The Labute approximate surface area is 168 Å². The second-order valence-corrected chi connectivity index (χ2v) is 6.35. The maximum absolute atomic E-state index is 12.2. The quantitative estimate of drug-likeness (QED) is 0.467. The van der Waals surface area contributed by atoms with Crippen molar-refractivity contribution >= 4 is 23.7 Å². The molecular weight excluding hydrogens is 376 g/mol. The summed E-state index contributed by atoms with van der Waals surface area (Å²) in [6.45, 7) is 0.425. The van der Waals surface area contributed by atoms with Gasteiger partial charge in [-0.05, 0) is 71.8 Å². The summed E-state index contributed by atoms with van der Waals surface area (Å²) in [5.74, 6) is 1.14. The van der Waals surface area contributed by atoms with Gasteiger partial charge in [-0.15, -0.1) is 0 Å². The molecule has 0 aliphatic carbocycles. The highest BCUT2D eigenvalue weighted by atomic mass is 35.5. The lowest BCUT2D eigenvalue weighted by Crippen LogP contribution is -2.17. The third kappa shape index (κ3) is 5.59. The number of benzene rings is 3.